The molecule has 0 aliphatic rings. The van der Waals surface area contributed by atoms with Crippen LogP contribution in [0.25, 0.3) is 0 Å². The number of aliphatic hydroxyl groups excluding tert-OH is 1. The fraction of sp³-hybridized carbons (Fsp3) is 0.600. The van der Waals surface area contributed by atoms with E-state index in [0.29, 0.717) is 24.1 Å². The molecule has 4 N–H and O–H groups in total. The number of rotatable bonds is 7. The highest BCUT2D eigenvalue weighted by Crippen LogP contribution is 2.27. The van der Waals surface area contributed by atoms with Crippen molar-refractivity contribution in [3.63, 3.8) is 0 Å². The molecule has 0 unspecified atom stereocenters. The number of hydrogen-bond acceptors (Lipinski definition) is 4. The number of benzene rings is 1. The summed E-state index contributed by atoms with van der Waals surface area (Å²) in [5.41, 5.74) is 7.25. The number of nitrogens with two attached hydrogens (primary N) is 1. The van der Waals surface area contributed by atoms with Crippen molar-refractivity contribution in [2.75, 3.05) is 18.9 Å². The molecular weight excluding hydrogens is 288 g/mol. The molecule has 21 heavy (non-hydrogen) atoms. The Hall–Kier alpha value is -1.11. The summed E-state index contributed by atoms with van der Waals surface area (Å²) in [7, 11) is -3.64. The van der Waals surface area contributed by atoms with Crippen LogP contribution >= 0.6 is 0 Å². The topological polar surface area (TPSA) is 92.4 Å². The Morgan fingerprint density at radius 3 is 2.29 bits per heavy atom. The highest BCUT2D eigenvalue weighted by molar-refractivity contribution is 7.89. The van der Waals surface area contributed by atoms with Crippen LogP contribution in [0.15, 0.2) is 17.0 Å². The van der Waals surface area contributed by atoms with Crippen molar-refractivity contribution in [2.24, 2.45) is 5.41 Å². The van der Waals surface area contributed by atoms with Crippen molar-refractivity contribution >= 4 is 15.7 Å². The summed E-state index contributed by atoms with van der Waals surface area (Å²) in [6.07, 6.45) is 1.41. The minimum atomic E-state index is -3.64. The third-order valence-electron chi connectivity index (χ3n) is 4.31. The Kier molecular flexibility index (Phi) is 5.78. The molecule has 1 aromatic rings. The second-order valence-electron chi connectivity index (χ2n) is 5.67. The molecule has 0 saturated heterocycles. The second kappa shape index (κ2) is 6.77. The lowest BCUT2D eigenvalue weighted by Crippen LogP contribution is -2.39. The van der Waals surface area contributed by atoms with Gasteiger partial charge in [0.2, 0.25) is 10.0 Å². The van der Waals surface area contributed by atoms with E-state index < -0.39 is 15.4 Å². The fourth-order valence-corrected chi connectivity index (χ4v) is 3.75. The van der Waals surface area contributed by atoms with Crippen LogP contribution in [0.4, 0.5) is 5.69 Å². The monoisotopic (exact) mass is 314 g/mol. The summed E-state index contributed by atoms with van der Waals surface area (Å²) in [6, 6.07) is 3.37. The van der Waals surface area contributed by atoms with E-state index in [1.54, 1.807) is 19.1 Å². The maximum atomic E-state index is 12.5. The first-order valence-electron chi connectivity index (χ1n) is 7.18. The average Bonchev–Trinajstić information content (AvgIpc) is 2.45. The molecule has 0 amide bonds. The van der Waals surface area contributed by atoms with Crippen LogP contribution in [-0.4, -0.2) is 26.7 Å². The summed E-state index contributed by atoms with van der Waals surface area (Å²) in [4.78, 5) is 0.207. The fourth-order valence-electron chi connectivity index (χ4n) is 2.24. The van der Waals surface area contributed by atoms with Crippen molar-refractivity contribution in [1.82, 2.24) is 4.72 Å². The van der Waals surface area contributed by atoms with Gasteiger partial charge in [-0.05, 0) is 49.9 Å². The van der Waals surface area contributed by atoms with Crippen molar-refractivity contribution < 1.29 is 13.5 Å². The second-order valence-corrected chi connectivity index (χ2v) is 7.40. The van der Waals surface area contributed by atoms with Crippen molar-refractivity contribution in [3.8, 4) is 0 Å². The lowest BCUT2D eigenvalue weighted by molar-refractivity contribution is 0.119. The molecule has 0 aromatic heterocycles. The van der Waals surface area contributed by atoms with Gasteiger partial charge in [0, 0.05) is 24.3 Å². The lowest BCUT2D eigenvalue weighted by atomic mass is 9.84. The quantitative estimate of drug-likeness (QED) is 0.671. The van der Waals surface area contributed by atoms with Gasteiger partial charge >= 0.3 is 0 Å². The largest absolute Gasteiger partial charge is 0.398 e. The van der Waals surface area contributed by atoms with Crippen molar-refractivity contribution in [1.29, 1.82) is 0 Å². The van der Waals surface area contributed by atoms with Gasteiger partial charge in [0.15, 0.2) is 0 Å². The summed E-state index contributed by atoms with van der Waals surface area (Å²) in [6.45, 7) is 7.57. The maximum absolute atomic E-state index is 12.5. The number of aliphatic hydroxyl groups is 1. The lowest BCUT2D eigenvalue weighted by Gasteiger charge is -2.29. The van der Waals surface area contributed by atoms with Crippen molar-refractivity contribution in [2.45, 2.75) is 45.4 Å². The maximum Gasteiger partial charge on any atom is 0.240 e. The molecule has 1 aromatic carbocycles. The zero-order chi connectivity index (χ0) is 16.3. The number of nitrogen functional groups attached to an aromatic ring is 1. The first-order valence-corrected chi connectivity index (χ1v) is 8.67. The number of aryl methyl sites for hydroxylation is 1. The van der Waals surface area contributed by atoms with Gasteiger partial charge in [-0.1, -0.05) is 13.8 Å². The van der Waals surface area contributed by atoms with E-state index in [2.05, 4.69) is 4.72 Å². The zero-order valence-corrected chi connectivity index (χ0v) is 14.0. The van der Waals surface area contributed by atoms with Crippen LogP contribution in [0, 0.1) is 19.3 Å². The summed E-state index contributed by atoms with van der Waals surface area (Å²) in [5, 5.41) is 9.53. The Balaban J connectivity index is 3.08. The molecule has 0 atom stereocenters. The predicted molar refractivity (Wildman–Crippen MR) is 85.6 cm³/mol. The van der Waals surface area contributed by atoms with Gasteiger partial charge in [-0.25, -0.2) is 13.1 Å². The standard InChI is InChI=1S/C15H26N2O3S/c1-5-15(6-2,10-18)9-17-21(19,20)14-8-11(3)7-13(16)12(14)4/h7-8,17-18H,5-6,9-10,16H2,1-4H3. The summed E-state index contributed by atoms with van der Waals surface area (Å²) in [5.74, 6) is 0. The Morgan fingerprint density at radius 1 is 1.24 bits per heavy atom. The van der Waals surface area contributed by atoms with Crippen LogP contribution in [-0.2, 0) is 10.0 Å². The molecule has 0 aliphatic heterocycles. The Labute approximate surface area is 127 Å². The minimum Gasteiger partial charge on any atom is -0.398 e. The van der Waals surface area contributed by atoms with Crippen LogP contribution < -0.4 is 10.5 Å². The average molecular weight is 314 g/mol. The molecule has 0 aliphatic carbocycles. The van der Waals surface area contributed by atoms with Gasteiger partial charge in [-0.15, -0.1) is 0 Å². The van der Waals surface area contributed by atoms with Crippen LogP contribution in [0.1, 0.15) is 37.8 Å². The van der Waals surface area contributed by atoms with E-state index in [0.717, 1.165) is 5.56 Å². The van der Waals surface area contributed by atoms with Gasteiger partial charge in [0.1, 0.15) is 0 Å². The van der Waals surface area contributed by atoms with Gasteiger partial charge < -0.3 is 10.8 Å². The highest BCUT2D eigenvalue weighted by Gasteiger charge is 2.28. The van der Waals surface area contributed by atoms with E-state index in [1.165, 1.54) is 0 Å². The minimum absolute atomic E-state index is 0.0442. The molecule has 1 rings (SSSR count). The molecule has 5 nitrogen and oxygen atoms in total. The molecule has 120 valence electrons. The Bertz CT molecular complexity index is 585. The molecular formula is C15H26N2O3S. The molecule has 0 spiro atoms. The molecule has 0 fully saturated rings. The van der Waals surface area contributed by atoms with Crippen LogP contribution in [0.5, 0.6) is 0 Å². The van der Waals surface area contributed by atoms with E-state index in [4.69, 9.17) is 5.73 Å². The zero-order valence-electron chi connectivity index (χ0n) is 13.2. The van der Waals surface area contributed by atoms with E-state index >= 15 is 0 Å². The van der Waals surface area contributed by atoms with Gasteiger partial charge in [0.05, 0.1) is 4.90 Å². The van der Waals surface area contributed by atoms with Crippen molar-refractivity contribution in [3.05, 3.63) is 23.3 Å². The first kappa shape index (κ1) is 17.9. The molecule has 0 saturated carbocycles. The van der Waals surface area contributed by atoms with Crippen LogP contribution in [0.2, 0.25) is 0 Å². The SMILES string of the molecule is CCC(CC)(CO)CNS(=O)(=O)c1cc(C)cc(N)c1C. The molecule has 0 heterocycles. The summed E-state index contributed by atoms with van der Waals surface area (Å²) >= 11 is 0. The molecule has 0 bridgehead atoms. The normalized spacial score (nSPS) is 12.6. The number of nitrogens with one attached hydrogen (secondary N) is 1. The Morgan fingerprint density at radius 2 is 1.81 bits per heavy atom. The summed E-state index contributed by atoms with van der Waals surface area (Å²) < 4.78 is 27.6. The van der Waals surface area contributed by atoms with E-state index in [-0.39, 0.29) is 18.0 Å². The van der Waals surface area contributed by atoms with Gasteiger partial charge in [-0.2, -0.15) is 0 Å². The van der Waals surface area contributed by atoms with E-state index in [1.807, 2.05) is 20.8 Å². The molecule has 6 heteroatoms. The number of anilines is 1. The molecule has 0 radical (unpaired) electrons. The third-order valence-corrected chi connectivity index (χ3v) is 5.83. The highest BCUT2D eigenvalue weighted by atomic mass is 32.2. The number of sulfonamides is 1. The first-order chi connectivity index (χ1) is 9.71. The predicted octanol–water partition coefficient (Wildman–Crippen LogP) is 1.96. The third kappa shape index (κ3) is 3.96. The van der Waals surface area contributed by atoms with Gasteiger partial charge in [0.25, 0.3) is 0 Å². The smallest absolute Gasteiger partial charge is 0.240 e. The van der Waals surface area contributed by atoms with Crippen LogP contribution in [0.3, 0.4) is 0 Å². The van der Waals surface area contributed by atoms with Gasteiger partial charge in [-0.3, -0.25) is 0 Å². The van der Waals surface area contributed by atoms with E-state index in [9.17, 15) is 13.5 Å². The number of hydrogen-bond donors (Lipinski definition) is 3.